The predicted molar refractivity (Wildman–Crippen MR) is 114 cm³/mol. The van der Waals surface area contributed by atoms with Crippen molar-refractivity contribution in [2.45, 2.75) is 31.6 Å². The molecule has 1 fully saturated rings. The van der Waals surface area contributed by atoms with Crippen LogP contribution in [-0.4, -0.2) is 72.8 Å². The Morgan fingerprint density at radius 1 is 1.25 bits per heavy atom. The van der Waals surface area contributed by atoms with E-state index in [9.17, 15) is 13.2 Å². The van der Waals surface area contributed by atoms with Crippen LogP contribution in [0, 0.1) is 0 Å². The third-order valence-corrected chi connectivity index (χ3v) is 5.67. The lowest BCUT2D eigenvalue weighted by Gasteiger charge is -2.32. The van der Waals surface area contributed by atoms with E-state index in [4.69, 9.17) is 5.73 Å². The van der Waals surface area contributed by atoms with Gasteiger partial charge in [0.05, 0.1) is 24.6 Å². The first-order valence-corrected chi connectivity index (χ1v) is 10.2. The van der Waals surface area contributed by atoms with Gasteiger partial charge in [-0.1, -0.05) is 0 Å². The summed E-state index contributed by atoms with van der Waals surface area (Å²) < 4.78 is 43.0. The number of likely N-dealkylation sites (tertiary alicyclic amines) is 1. The van der Waals surface area contributed by atoms with Gasteiger partial charge < -0.3 is 20.5 Å². The summed E-state index contributed by atoms with van der Waals surface area (Å²) in [4.78, 5) is 14.9. The van der Waals surface area contributed by atoms with Crippen molar-refractivity contribution in [1.29, 1.82) is 0 Å². The van der Waals surface area contributed by atoms with Crippen molar-refractivity contribution in [3.8, 4) is 11.3 Å². The van der Waals surface area contributed by atoms with Gasteiger partial charge in [0.15, 0.2) is 11.5 Å². The number of halogens is 3. The number of piperidine rings is 1. The molecule has 9 nitrogen and oxygen atoms in total. The van der Waals surface area contributed by atoms with Crippen LogP contribution in [0.25, 0.3) is 27.9 Å². The maximum atomic E-state index is 14.4. The van der Waals surface area contributed by atoms with Gasteiger partial charge in [0.2, 0.25) is 5.95 Å². The zero-order valence-corrected chi connectivity index (χ0v) is 17.3. The van der Waals surface area contributed by atoms with Crippen molar-refractivity contribution in [2.24, 2.45) is 0 Å². The highest BCUT2D eigenvalue weighted by atomic mass is 19.3. The minimum atomic E-state index is -2.52. The van der Waals surface area contributed by atoms with Crippen molar-refractivity contribution in [1.82, 2.24) is 34.0 Å². The Kier molecular flexibility index (Phi) is 5.08. The number of fused-ring (bicyclic) bond motifs is 2. The summed E-state index contributed by atoms with van der Waals surface area (Å²) in [5.74, 6) is 0.446. The molecular formula is C20H22F3N9. The van der Waals surface area contributed by atoms with Crippen LogP contribution >= 0.6 is 0 Å². The summed E-state index contributed by atoms with van der Waals surface area (Å²) in [6.07, 6.45) is 0.131. The molecule has 0 unspecified atom stereocenters. The summed E-state index contributed by atoms with van der Waals surface area (Å²) >= 11 is 0. The number of hydrogen-bond donors (Lipinski definition) is 2. The van der Waals surface area contributed by atoms with Crippen LogP contribution in [-0.2, 0) is 6.54 Å². The lowest BCUT2D eigenvalue weighted by Crippen LogP contribution is -2.46. The summed E-state index contributed by atoms with van der Waals surface area (Å²) in [5.41, 5.74) is 8.83. The fraction of sp³-hybridized carbons (Fsp3) is 0.400. The fourth-order valence-corrected chi connectivity index (χ4v) is 4.08. The summed E-state index contributed by atoms with van der Waals surface area (Å²) in [6.45, 7) is 0.634. The van der Waals surface area contributed by atoms with Crippen molar-refractivity contribution < 1.29 is 13.2 Å². The maximum Gasteiger partial charge on any atom is 0.256 e. The minimum absolute atomic E-state index is 0.203. The minimum Gasteiger partial charge on any atom is -0.382 e. The molecule has 1 aliphatic heterocycles. The van der Waals surface area contributed by atoms with Crippen LogP contribution in [0.2, 0.25) is 0 Å². The lowest BCUT2D eigenvalue weighted by atomic mass is 10.0. The number of nitrogen functional groups attached to an aromatic ring is 1. The zero-order chi connectivity index (χ0) is 22.4. The molecule has 0 bridgehead atoms. The van der Waals surface area contributed by atoms with Crippen LogP contribution < -0.4 is 11.1 Å². The number of rotatable bonds is 5. The van der Waals surface area contributed by atoms with Gasteiger partial charge in [-0.3, -0.25) is 0 Å². The van der Waals surface area contributed by atoms with Crippen LogP contribution in [0.3, 0.4) is 0 Å². The standard InChI is InChI=1S/C20H22F3N9/c1-30-6-5-14(12(21)8-30)27-20-28-18(24)17-11(4-7-32(17)29-20)13-2-3-15-19(26-13)31(10-25-15)9-16(22)23/h2-4,7,10,12,14,16H,5-6,8-9H2,1H3,(H3,24,27,28,29)/t12-,14+/m1/s1. The molecule has 1 aliphatic rings. The van der Waals surface area contributed by atoms with E-state index in [0.29, 0.717) is 40.9 Å². The van der Waals surface area contributed by atoms with E-state index < -0.39 is 25.2 Å². The van der Waals surface area contributed by atoms with Gasteiger partial charge in [0.25, 0.3) is 6.43 Å². The number of imidazole rings is 1. The largest absolute Gasteiger partial charge is 0.382 e. The number of nitrogens with two attached hydrogens (primary N) is 1. The third-order valence-electron chi connectivity index (χ3n) is 5.67. The molecule has 0 spiro atoms. The van der Waals surface area contributed by atoms with Crippen LogP contribution in [0.1, 0.15) is 6.42 Å². The molecule has 1 saturated heterocycles. The highest BCUT2D eigenvalue weighted by molar-refractivity contribution is 5.88. The molecule has 0 radical (unpaired) electrons. The second kappa shape index (κ2) is 7.93. The zero-order valence-electron chi connectivity index (χ0n) is 17.3. The number of pyridine rings is 1. The molecule has 0 aromatic carbocycles. The SMILES string of the molecule is CN1CC[C@H](Nc2nc(N)c3c(-c4ccc5ncn(CC(F)F)c5n4)ccn3n2)[C@H](F)C1. The van der Waals surface area contributed by atoms with Gasteiger partial charge in [-0.05, 0) is 31.7 Å². The van der Waals surface area contributed by atoms with Crippen LogP contribution in [0.15, 0.2) is 30.7 Å². The Balaban J connectivity index is 1.48. The van der Waals surface area contributed by atoms with E-state index in [-0.39, 0.29) is 11.8 Å². The first-order chi connectivity index (χ1) is 15.4. The molecule has 5 heterocycles. The van der Waals surface area contributed by atoms with Gasteiger partial charge in [0.1, 0.15) is 17.2 Å². The number of alkyl halides is 3. The number of nitrogens with one attached hydrogen (secondary N) is 1. The Morgan fingerprint density at radius 3 is 2.88 bits per heavy atom. The highest BCUT2D eigenvalue weighted by Gasteiger charge is 2.28. The van der Waals surface area contributed by atoms with Crippen LogP contribution in [0.4, 0.5) is 24.9 Å². The van der Waals surface area contributed by atoms with Gasteiger partial charge in [-0.2, -0.15) is 4.98 Å². The molecule has 2 atom stereocenters. The van der Waals surface area contributed by atoms with E-state index in [0.717, 1.165) is 6.54 Å². The molecule has 4 aromatic heterocycles. The Bertz CT molecular complexity index is 1270. The average molecular weight is 445 g/mol. The van der Waals surface area contributed by atoms with Crippen molar-refractivity contribution in [2.75, 3.05) is 31.2 Å². The average Bonchev–Trinajstić information content (AvgIpc) is 3.34. The van der Waals surface area contributed by atoms with Crippen molar-refractivity contribution in [3.05, 3.63) is 30.7 Å². The number of anilines is 2. The highest BCUT2D eigenvalue weighted by Crippen LogP contribution is 2.29. The van der Waals surface area contributed by atoms with Crippen molar-refractivity contribution >= 4 is 28.4 Å². The molecule has 168 valence electrons. The van der Waals surface area contributed by atoms with Crippen molar-refractivity contribution in [3.63, 3.8) is 0 Å². The molecular weight excluding hydrogens is 423 g/mol. The molecule has 0 amide bonds. The molecule has 0 aliphatic carbocycles. The molecule has 12 heteroatoms. The van der Waals surface area contributed by atoms with Gasteiger partial charge in [0, 0.05) is 24.8 Å². The predicted octanol–water partition coefficient (Wildman–Crippen LogP) is 2.44. The molecule has 3 N–H and O–H groups in total. The third kappa shape index (κ3) is 3.70. The number of hydrogen-bond acceptors (Lipinski definition) is 7. The topological polar surface area (TPSA) is 102 Å². The molecule has 5 rings (SSSR count). The summed E-state index contributed by atoms with van der Waals surface area (Å²) in [6, 6.07) is 4.85. The number of aromatic nitrogens is 6. The van der Waals surface area contributed by atoms with E-state index >= 15 is 0 Å². The molecule has 4 aromatic rings. The molecule has 0 saturated carbocycles. The van der Waals surface area contributed by atoms with Crippen LogP contribution in [0.5, 0.6) is 0 Å². The second-order valence-corrected chi connectivity index (χ2v) is 7.99. The van der Waals surface area contributed by atoms with Gasteiger partial charge in [-0.25, -0.2) is 27.7 Å². The Labute approximate surface area is 181 Å². The summed E-state index contributed by atoms with van der Waals surface area (Å²) in [7, 11) is 1.89. The smallest absolute Gasteiger partial charge is 0.256 e. The van der Waals surface area contributed by atoms with E-state index in [1.165, 1.54) is 10.9 Å². The van der Waals surface area contributed by atoms with Gasteiger partial charge in [-0.15, -0.1) is 5.10 Å². The van der Waals surface area contributed by atoms with Gasteiger partial charge >= 0.3 is 0 Å². The Morgan fingerprint density at radius 2 is 2.09 bits per heavy atom. The molecule has 32 heavy (non-hydrogen) atoms. The fourth-order valence-electron chi connectivity index (χ4n) is 4.08. The maximum absolute atomic E-state index is 14.4. The lowest BCUT2D eigenvalue weighted by molar-refractivity contribution is 0.128. The second-order valence-electron chi connectivity index (χ2n) is 7.99. The van der Waals surface area contributed by atoms with E-state index in [1.54, 1.807) is 28.9 Å². The number of nitrogens with zero attached hydrogens (tertiary/aromatic N) is 7. The normalized spacial score (nSPS) is 19.9. The monoisotopic (exact) mass is 445 g/mol. The quantitative estimate of drug-likeness (QED) is 0.487. The Hall–Kier alpha value is -3.41. The first kappa shape index (κ1) is 20.5. The summed E-state index contributed by atoms with van der Waals surface area (Å²) in [5, 5.41) is 7.49. The van der Waals surface area contributed by atoms with E-state index in [1.807, 2.05) is 11.9 Å². The van der Waals surface area contributed by atoms with E-state index in [2.05, 4.69) is 25.4 Å². The first-order valence-electron chi connectivity index (χ1n) is 10.2.